The zero-order valence-electron chi connectivity index (χ0n) is 10.8. The van der Waals surface area contributed by atoms with Gasteiger partial charge in [-0.3, -0.25) is 4.79 Å². The molecule has 2 rings (SSSR count). The first-order chi connectivity index (χ1) is 9.51. The number of rotatable bonds is 4. The van der Waals surface area contributed by atoms with Gasteiger partial charge in [-0.15, -0.1) is 0 Å². The molecule has 2 aromatic rings. The molecule has 0 saturated carbocycles. The Bertz CT molecular complexity index is 640. The second-order valence-electron chi connectivity index (χ2n) is 4.32. The van der Waals surface area contributed by atoms with Crippen molar-refractivity contribution >= 4 is 55.1 Å². The second-order valence-corrected chi connectivity index (χ2v) is 6.50. The van der Waals surface area contributed by atoms with Crippen LogP contribution in [0.3, 0.4) is 0 Å². The fraction of sp³-hybridized carbons (Fsp3) is 0.214. The average molecular weight is 421 g/mol. The highest BCUT2D eigenvalue weighted by molar-refractivity contribution is 9.10. The molecule has 0 saturated heterocycles. The monoisotopic (exact) mass is 418 g/mol. The Balaban J connectivity index is 2.21. The van der Waals surface area contributed by atoms with Crippen molar-refractivity contribution in [2.24, 2.45) is 0 Å². The molecule has 1 aromatic carbocycles. The van der Waals surface area contributed by atoms with Crippen molar-refractivity contribution in [1.29, 1.82) is 0 Å². The number of benzene rings is 1. The Morgan fingerprint density at radius 1 is 1.35 bits per heavy atom. The molecule has 0 aliphatic carbocycles. The molecule has 6 heteroatoms. The van der Waals surface area contributed by atoms with Crippen molar-refractivity contribution in [1.82, 2.24) is 4.57 Å². The summed E-state index contributed by atoms with van der Waals surface area (Å²) < 4.78 is 3.62. The lowest BCUT2D eigenvalue weighted by molar-refractivity contribution is 0.101. The topological polar surface area (TPSA) is 34.0 Å². The van der Waals surface area contributed by atoms with Crippen LogP contribution in [0.5, 0.6) is 0 Å². The van der Waals surface area contributed by atoms with Crippen molar-refractivity contribution < 1.29 is 4.79 Å². The summed E-state index contributed by atoms with van der Waals surface area (Å²) in [4.78, 5) is 12.3. The molecule has 0 aliphatic heterocycles. The first-order valence-corrected chi connectivity index (χ1v) is 8.09. The van der Waals surface area contributed by atoms with E-state index in [1.165, 1.54) is 0 Å². The zero-order valence-corrected chi connectivity index (χ0v) is 14.7. The lowest BCUT2D eigenvalue weighted by atomic mass is 10.3. The maximum absolute atomic E-state index is 12.3. The molecule has 0 atom stereocenters. The van der Waals surface area contributed by atoms with Crippen LogP contribution in [-0.4, -0.2) is 10.5 Å². The molecular formula is C14H13Br2ClN2O. The van der Waals surface area contributed by atoms with Gasteiger partial charge in [0.1, 0.15) is 5.69 Å². The number of anilines is 1. The summed E-state index contributed by atoms with van der Waals surface area (Å²) in [5, 5.41) is 3.42. The van der Waals surface area contributed by atoms with Gasteiger partial charge < -0.3 is 9.88 Å². The molecule has 0 bridgehead atoms. The van der Waals surface area contributed by atoms with Crippen LogP contribution >= 0.6 is 43.5 Å². The van der Waals surface area contributed by atoms with E-state index in [1.807, 2.05) is 16.8 Å². The minimum absolute atomic E-state index is 0.150. The van der Waals surface area contributed by atoms with Crippen molar-refractivity contribution in [2.75, 3.05) is 5.32 Å². The summed E-state index contributed by atoms with van der Waals surface area (Å²) in [6.07, 6.45) is 2.87. The van der Waals surface area contributed by atoms with Crippen molar-refractivity contribution in [3.63, 3.8) is 0 Å². The van der Waals surface area contributed by atoms with Crippen LogP contribution < -0.4 is 5.32 Å². The number of carbonyl (C=O) groups excluding carboxylic acids is 1. The summed E-state index contributed by atoms with van der Waals surface area (Å²) in [5.41, 5.74) is 1.29. The zero-order chi connectivity index (χ0) is 14.7. The van der Waals surface area contributed by atoms with Crippen LogP contribution in [0.25, 0.3) is 0 Å². The Morgan fingerprint density at radius 2 is 2.10 bits per heavy atom. The predicted octanol–water partition coefficient (Wildman–Crippen LogP) is 5.33. The molecular weight excluding hydrogens is 407 g/mol. The lowest BCUT2D eigenvalue weighted by Gasteiger charge is -2.09. The number of amides is 1. The quantitative estimate of drug-likeness (QED) is 0.713. The smallest absolute Gasteiger partial charge is 0.272 e. The third-order valence-electron chi connectivity index (χ3n) is 2.74. The number of hydrogen-bond donors (Lipinski definition) is 1. The van der Waals surface area contributed by atoms with Crippen molar-refractivity contribution in [3.8, 4) is 0 Å². The summed E-state index contributed by atoms with van der Waals surface area (Å²) >= 11 is 12.7. The highest BCUT2D eigenvalue weighted by Crippen LogP contribution is 2.26. The Labute approximate surface area is 139 Å². The summed E-state index contributed by atoms with van der Waals surface area (Å²) in [7, 11) is 0. The normalized spacial score (nSPS) is 10.6. The Hall–Kier alpha value is -0.780. The summed E-state index contributed by atoms with van der Waals surface area (Å²) in [6.45, 7) is 2.87. The number of aryl methyl sites for hydroxylation is 1. The molecule has 0 fully saturated rings. The Morgan fingerprint density at radius 3 is 2.75 bits per heavy atom. The second kappa shape index (κ2) is 6.78. The van der Waals surface area contributed by atoms with Gasteiger partial charge in [-0.1, -0.05) is 18.5 Å². The van der Waals surface area contributed by atoms with E-state index in [0.29, 0.717) is 16.4 Å². The van der Waals surface area contributed by atoms with Crippen molar-refractivity contribution in [3.05, 3.63) is 50.1 Å². The lowest BCUT2D eigenvalue weighted by Crippen LogP contribution is -2.16. The highest BCUT2D eigenvalue weighted by atomic mass is 79.9. The first-order valence-electron chi connectivity index (χ1n) is 6.13. The molecule has 1 N–H and O–H groups in total. The molecule has 0 radical (unpaired) electrons. The van der Waals surface area contributed by atoms with Crippen LogP contribution in [0.1, 0.15) is 23.8 Å². The van der Waals surface area contributed by atoms with Gasteiger partial charge in [-0.25, -0.2) is 0 Å². The fourth-order valence-electron chi connectivity index (χ4n) is 1.86. The molecule has 3 nitrogen and oxygen atoms in total. The first kappa shape index (κ1) is 15.6. The number of aromatic nitrogens is 1. The number of nitrogens with zero attached hydrogens (tertiary/aromatic N) is 1. The van der Waals surface area contributed by atoms with Crippen LogP contribution in [0.2, 0.25) is 5.02 Å². The van der Waals surface area contributed by atoms with E-state index in [1.54, 1.807) is 18.2 Å². The maximum atomic E-state index is 12.3. The molecule has 1 heterocycles. The van der Waals surface area contributed by atoms with Gasteiger partial charge in [0.05, 0.1) is 5.02 Å². The van der Waals surface area contributed by atoms with E-state index in [4.69, 9.17) is 11.6 Å². The number of carbonyl (C=O) groups is 1. The van der Waals surface area contributed by atoms with Crippen molar-refractivity contribution in [2.45, 2.75) is 19.9 Å². The maximum Gasteiger partial charge on any atom is 0.272 e. The standard InChI is InChI=1S/C14H13Br2ClN2O/c1-2-5-19-8-9(15)6-13(19)14(20)18-10-3-4-11(16)12(17)7-10/h3-4,6-8H,2,5H2,1H3,(H,18,20). The number of nitrogens with one attached hydrogen (secondary N) is 1. The SMILES string of the molecule is CCCn1cc(Br)cc1C(=O)Nc1ccc(Br)c(Cl)c1. The molecule has 0 spiro atoms. The minimum atomic E-state index is -0.150. The average Bonchev–Trinajstić information content (AvgIpc) is 2.75. The molecule has 1 aromatic heterocycles. The minimum Gasteiger partial charge on any atom is -0.342 e. The Kier molecular flexibility index (Phi) is 5.29. The fourth-order valence-corrected chi connectivity index (χ4v) is 2.75. The van der Waals surface area contributed by atoms with Gasteiger partial charge in [-0.2, -0.15) is 0 Å². The third-order valence-corrected chi connectivity index (χ3v) is 4.40. The third kappa shape index (κ3) is 3.65. The van der Waals surface area contributed by atoms with Gasteiger partial charge in [0.2, 0.25) is 0 Å². The largest absolute Gasteiger partial charge is 0.342 e. The van der Waals surface area contributed by atoms with Gasteiger partial charge in [-0.05, 0) is 62.5 Å². The van der Waals surface area contributed by atoms with Gasteiger partial charge >= 0.3 is 0 Å². The van der Waals surface area contributed by atoms with Crippen LogP contribution in [0.15, 0.2) is 39.4 Å². The molecule has 1 amide bonds. The molecule has 20 heavy (non-hydrogen) atoms. The van der Waals surface area contributed by atoms with Gasteiger partial charge in [0, 0.05) is 27.4 Å². The van der Waals surface area contributed by atoms with Gasteiger partial charge in [0.25, 0.3) is 5.91 Å². The van der Waals surface area contributed by atoms with E-state index < -0.39 is 0 Å². The van der Waals surface area contributed by atoms with Crippen LogP contribution in [0, 0.1) is 0 Å². The van der Waals surface area contributed by atoms with Crippen LogP contribution in [-0.2, 0) is 6.54 Å². The van der Waals surface area contributed by atoms with E-state index in [-0.39, 0.29) is 5.91 Å². The van der Waals surface area contributed by atoms with E-state index in [0.717, 1.165) is 21.9 Å². The molecule has 106 valence electrons. The summed E-state index contributed by atoms with van der Waals surface area (Å²) in [5.74, 6) is -0.150. The van der Waals surface area contributed by atoms with Crippen LogP contribution in [0.4, 0.5) is 5.69 Å². The molecule has 0 unspecified atom stereocenters. The highest BCUT2D eigenvalue weighted by Gasteiger charge is 2.13. The number of halogens is 3. The van der Waals surface area contributed by atoms with E-state index in [2.05, 4.69) is 44.1 Å². The van der Waals surface area contributed by atoms with E-state index >= 15 is 0 Å². The molecule has 0 aliphatic rings. The predicted molar refractivity (Wildman–Crippen MR) is 89.5 cm³/mol. The summed E-state index contributed by atoms with van der Waals surface area (Å²) in [6, 6.07) is 7.13. The van der Waals surface area contributed by atoms with Gasteiger partial charge in [0.15, 0.2) is 0 Å². The number of hydrogen-bond acceptors (Lipinski definition) is 1. The van der Waals surface area contributed by atoms with E-state index in [9.17, 15) is 4.79 Å².